The van der Waals surface area contributed by atoms with Crippen molar-refractivity contribution in [2.45, 2.75) is 0 Å². The van der Waals surface area contributed by atoms with Crippen LogP contribution >= 0.6 is 11.6 Å². The van der Waals surface area contributed by atoms with Crippen molar-refractivity contribution in [3.63, 3.8) is 0 Å². The van der Waals surface area contributed by atoms with E-state index in [2.05, 4.69) is 16.6 Å². The maximum atomic E-state index is 11.3. The molecule has 0 saturated heterocycles. The van der Waals surface area contributed by atoms with Gasteiger partial charge in [-0.25, -0.2) is 0 Å². The summed E-state index contributed by atoms with van der Waals surface area (Å²) in [4.78, 5) is 11.3. The molecule has 0 fully saturated rings. The van der Waals surface area contributed by atoms with E-state index in [-0.39, 0.29) is 12.5 Å². The molecule has 0 spiro atoms. The van der Waals surface area contributed by atoms with E-state index in [9.17, 15) is 4.79 Å². The number of rotatable bonds is 4. The zero-order chi connectivity index (χ0) is 11.1. The van der Waals surface area contributed by atoms with E-state index in [0.717, 1.165) is 0 Å². The molecule has 1 aromatic rings. The lowest BCUT2D eigenvalue weighted by Crippen LogP contribution is -2.28. The zero-order valence-corrected chi connectivity index (χ0v) is 8.84. The van der Waals surface area contributed by atoms with Gasteiger partial charge in [0, 0.05) is 0 Å². The molecule has 0 saturated carbocycles. The molecule has 0 unspecified atom stereocenters. The molecule has 0 atom stereocenters. The first kappa shape index (κ1) is 11.6. The van der Waals surface area contributed by atoms with Crippen LogP contribution in [0.15, 0.2) is 24.3 Å². The number of nitrogens with one attached hydrogen (secondary N) is 2. The minimum Gasteiger partial charge on any atom is -0.324 e. The van der Waals surface area contributed by atoms with Crippen molar-refractivity contribution >= 4 is 23.2 Å². The number of carbonyl (C=O) groups is 1. The van der Waals surface area contributed by atoms with Gasteiger partial charge in [-0.1, -0.05) is 29.7 Å². The molecule has 78 valence electrons. The van der Waals surface area contributed by atoms with E-state index in [1.165, 1.54) is 0 Å². The summed E-state index contributed by atoms with van der Waals surface area (Å²) in [5.41, 5.74) is 0.603. The van der Waals surface area contributed by atoms with Gasteiger partial charge >= 0.3 is 0 Å². The fraction of sp³-hybridized carbons (Fsp3) is 0.182. The number of amides is 1. The third kappa shape index (κ3) is 4.03. The molecule has 2 N–H and O–H groups in total. The van der Waals surface area contributed by atoms with E-state index >= 15 is 0 Å². The summed E-state index contributed by atoms with van der Waals surface area (Å²) in [7, 11) is 0. The Morgan fingerprint density at radius 3 is 2.87 bits per heavy atom. The third-order valence-corrected chi connectivity index (χ3v) is 1.99. The van der Waals surface area contributed by atoms with Crippen LogP contribution in [0.25, 0.3) is 0 Å². The number of hydrogen-bond donors (Lipinski definition) is 2. The highest BCUT2D eigenvalue weighted by atomic mass is 35.5. The van der Waals surface area contributed by atoms with Crippen LogP contribution in [0.2, 0.25) is 5.02 Å². The summed E-state index contributed by atoms with van der Waals surface area (Å²) < 4.78 is 0. The van der Waals surface area contributed by atoms with Gasteiger partial charge in [-0.3, -0.25) is 10.1 Å². The van der Waals surface area contributed by atoms with Gasteiger partial charge in [-0.05, 0) is 12.1 Å². The Hall–Kier alpha value is -1.50. The standard InChI is InChI=1S/C11H11ClN2O/c1-2-7-13-8-11(15)14-10-6-4-3-5-9(10)12/h1,3-6,13H,7-8H2,(H,14,15). The Morgan fingerprint density at radius 1 is 1.47 bits per heavy atom. The first-order valence-electron chi connectivity index (χ1n) is 4.42. The highest BCUT2D eigenvalue weighted by molar-refractivity contribution is 6.33. The van der Waals surface area contributed by atoms with Gasteiger partial charge < -0.3 is 5.32 Å². The van der Waals surface area contributed by atoms with Gasteiger partial charge in [0.2, 0.25) is 5.91 Å². The monoisotopic (exact) mass is 222 g/mol. The van der Waals surface area contributed by atoms with Crippen molar-refractivity contribution in [1.29, 1.82) is 0 Å². The molecule has 4 heteroatoms. The first-order chi connectivity index (χ1) is 7.24. The third-order valence-electron chi connectivity index (χ3n) is 1.66. The molecule has 1 aromatic carbocycles. The number of carbonyl (C=O) groups excluding carboxylic acids is 1. The van der Waals surface area contributed by atoms with E-state index in [1.807, 2.05) is 0 Å². The lowest BCUT2D eigenvalue weighted by Gasteiger charge is -2.06. The topological polar surface area (TPSA) is 41.1 Å². The summed E-state index contributed by atoms with van der Waals surface area (Å²) in [6.45, 7) is 0.547. The highest BCUT2D eigenvalue weighted by Gasteiger charge is 2.03. The van der Waals surface area contributed by atoms with Gasteiger partial charge in [-0.2, -0.15) is 0 Å². The van der Waals surface area contributed by atoms with E-state index in [1.54, 1.807) is 24.3 Å². The Morgan fingerprint density at radius 2 is 2.20 bits per heavy atom. The molecule has 0 aliphatic rings. The Balaban J connectivity index is 2.45. The molecular weight excluding hydrogens is 212 g/mol. The molecule has 15 heavy (non-hydrogen) atoms. The molecule has 0 bridgehead atoms. The summed E-state index contributed by atoms with van der Waals surface area (Å²) in [5.74, 6) is 2.21. The lowest BCUT2D eigenvalue weighted by molar-refractivity contribution is -0.115. The summed E-state index contributed by atoms with van der Waals surface area (Å²) >= 11 is 5.86. The van der Waals surface area contributed by atoms with Gasteiger partial charge in [0.15, 0.2) is 0 Å². The molecule has 0 aromatic heterocycles. The SMILES string of the molecule is C#CCNCC(=O)Nc1ccccc1Cl. The van der Waals surface area contributed by atoms with Gasteiger partial charge in [0.05, 0.1) is 23.8 Å². The molecular formula is C11H11ClN2O. The van der Waals surface area contributed by atoms with Gasteiger partial charge in [0.1, 0.15) is 0 Å². The van der Waals surface area contributed by atoms with Crippen LogP contribution in [0.3, 0.4) is 0 Å². The Bertz CT molecular complexity index is 384. The largest absolute Gasteiger partial charge is 0.324 e. The van der Waals surface area contributed by atoms with Crippen molar-refractivity contribution in [1.82, 2.24) is 5.32 Å². The van der Waals surface area contributed by atoms with Crippen LogP contribution in [0.4, 0.5) is 5.69 Å². The molecule has 3 nitrogen and oxygen atoms in total. The van der Waals surface area contributed by atoms with Crippen LogP contribution in [-0.4, -0.2) is 19.0 Å². The lowest BCUT2D eigenvalue weighted by atomic mass is 10.3. The number of halogens is 1. The van der Waals surface area contributed by atoms with Gasteiger partial charge in [-0.15, -0.1) is 6.42 Å². The zero-order valence-electron chi connectivity index (χ0n) is 8.09. The van der Waals surface area contributed by atoms with Crippen molar-refractivity contribution in [3.8, 4) is 12.3 Å². The summed E-state index contributed by atoms with van der Waals surface area (Å²) in [6, 6.07) is 7.05. The maximum absolute atomic E-state index is 11.3. The fourth-order valence-electron chi connectivity index (χ4n) is 1.01. The average molecular weight is 223 g/mol. The van der Waals surface area contributed by atoms with Crippen molar-refractivity contribution in [3.05, 3.63) is 29.3 Å². The van der Waals surface area contributed by atoms with E-state index in [0.29, 0.717) is 17.3 Å². The summed E-state index contributed by atoms with van der Waals surface area (Å²) in [6.07, 6.45) is 5.03. The fourth-order valence-corrected chi connectivity index (χ4v) is 1.19. The number of hydrogen-bond acceptors (Lipinski definition) is 2. The van der Waals surface area contributed by atoms with E-state index in [4.69, 9.17) is 18.0 Å². The van der Waals surface area contributed by atoms with Crippen molar-refractivity contribution in [2.75, 3.05) is 18.4 Å². The first-order valence-corrected chi connectivity index (χ1v) is 4.80. The highest BCUT2D eigenvalue weighted by Crippen LogP contribution is 2.19. The minimum atomic E-state index is -0.168. The molecule has 0 radical (unpaired) electrons. The quantitative estimate of drug-likeness (QED) is 0.599. The number of terminal acetylenes is 1. The predicted octanol–water partition coefficient (Wildman–Crippen LogP) is 1.50. The molecule has 1 rings (SSSR count). The van der Waals surface area contributed by atoms with Crippen molar-refractivity contribution in [2.24, 2.45) is 0 Å². The molecule has 1 amide bonds. The second-order valence-corrected chi connectivity index (χ2v) is 3.24. The normalized spacial score (nSPS) is 9.33. The maximum Gasteiger partial charge on any atom is 0.238 e. The molecule has 0 aliphatic carbocycles. The molecule has 0 aliphatic heterocycles. The van der Waals surface area contributed by atoms with Crippen LogP contribution in [0.1, 0.15) is 0 Å². The smallest absolute Gasteiger partial charge is 0.238 e. The molecule has 0 heterocycles. The minimum absolute atomic E-state index is 0.168. The number of benzene rings is 1. The Labute approximate surface area is 93.8 Å². The predicted molar refractivity (Wildman–Crippen MR) is 61.8 cm³/mol. The second-order valence-electron chi connectivity index (χ2n) is 2.84. The van der Waals surface area contributed by atoms with Crippen LogP contribution in [0.5, 0.6) is 0 Å². The van der Waals surface area contributed by atoms with Crippen LogP contribution in [0, 0.1) is 12.3 Å². The number of anilines is 1. The van der Waals surface area contributed by atoms with Crippen LogP contribution < -0.4 is 10.6 Å². The average Bonchev–Trinajstić information content (AvgIpc) is 2.22. The van der Waals surface area contributed by atoms with Crippen LogP contribution in [-0.2, 0) is 4.79 Å². The Kier molecular flexibility index (Phi) is 4.69. The summed E-state index contributed by atoms with van der Waals surface area (Å²) in [5, 5.41) is 5.97. The van der Waals surface area contributed by atoms with Gasteiger partial charge in [0.25, 0.3) is 0 Å². The van der Waals surface area contributed by atoms with Crippen molar-refractivity contribution < 1.29 is 4.79 Å². The van der Waals surface area contributed by atoms with E-state index < -0.39 is 0 Å². The second kappa shape index (κ2) is 6.07. The number of para-hydroxylation sites is 1.